The molecule has 2 heterocycles. The van der Waals surface area contributed by atoms with Crippen LogP contribution in [0.25, 0.3) is 34.2 Å². The fourth-order valence-electron chi connectivity index (χ4n) is 4.78. The van der Waals surface area contributed by atoms with Crippen LogP contribution in [0.4, 0.5) is 0 Å². The van der Waals surface area contributed by atoms with Gasteiger partial charge in [0.1, 0.15) is 5.75 Å². The van der Waals surface area contributed by atoms with Gasteiger partial charge in [-0.3, -0.25) is 14.5 Å². The topological polar surface area (TPSA) is 96.3 Å². The van der Waals surface area contributed by atoms with Crippen molar-refractivity contribution in [2.24, 2.45) is 5.92 Å². The van der Waals surface area contributed by atoms with Crippen molar-refractivity contribution in [3.05, 3.63) is 83.9 Å². The third-order valence-electron chi connectivity index (χ3n) is 7.03. The Morgan fingerprint density at radius 2 is 1.39 bits per heavy atom. The highest BCUT2D eigenvalue weighted by molar-refractivity contribution is 6.21. The van der Waals surface area contributed by atoms with Gasteiger partial charge in [-0.1, -0.05) is 81.6 Å². The molecule has 1 aliphatic rings. The number of fused-ring (bicyclic) bond motifs is 1. The summed E-state index contributed by atoms with van der Waals surface area (Å²) in [5, 5.41) is 10.5. The maximum absolute atomic E-state index is 13.4. The number of amides is 2. The Morgan fingerprint density at radius 1 is 0.737 bits per heavy atom. The molecular weight excluding hydrogens is 476 g/mol. The van der Waals surface area contributed by atoms with Crippen LogP contribution in [-0.4, -0.2) is 43.3 Å². The molecule has 2 amide bonds. The number of imide groups is 1. The van der Waals surface area contributed by atoms with Crippen molar-refractivity contribution in [3.63, 3.8) is 0 Å². The summed E-state index contributed by atoms with van der Waals surface area (Å²) in [6.07, 6.45) is 4.07. The smallest absolute Gasteiger partial charge is 0.261 e. The van der Waals surface area contributed by atoms with Gasteiger partial charge in [-0.2, -0.15) is 0 Å². The largest absolute Gasteiger partial charge is 0.507 e. The SMILES string of the molecule is CCCCC(CC)CN1C(=O)c2ccc(-c3nc(-c4ccccc4)nc(-c4ccccc4O)n3)cc2C1=O. The summed E-state index contributed by atoms with van der Waals surface area (Å²) >= 11 is 0. The molecule has 7 heteroatoms. The first-order valence-electron chi connectivity index (χ1n) is 13.1. The Labute approximate surface area is 222 Å². The minimum atomic E-state index is -0.278. The monoisotopic (exact) mass is 506 g/mol. The van der Waals surface area contributed by atoms with Crippen LogP contribution in [0, 0.1) is 5.92 Å². The molecule has 1 aromatic heterocycles. The molecule has 0 radical (unpaired) electrons. The second-order valence-corrected chi connectivity index (χ2v) is 9.59. The van der Waals surface area contributed by atoms with Crippen molar-refractivity contribution < 1.29 is 14.7 Å². The van der Waals surface area contributed by atoms with Crippen molar-refractivity contribution in [2.45, 2.75) is 39.5 Å². The van der Waals surface area contributed by atoms with Crippen molar-refractivity contribution in [1.29, 1.82) is 0 Å². The molecule has 4 aromatic rings. The summed E-state index contributed by atoms with van der Waals surface area (Å²) in [7, 11) is 0. The molecule has 0 aliphatic carbocycles. The maximum Gasteiger partial charge on any atom is 0.261 e. The highest BCUT2D eigenvalue weighted by Crippen LogP contribution is 2.32. The molecular formula is C31H30N4O3. The number of carbonyl (C=O) groups is 2. The van der Waals surface area contributed by atoms with Gasteiger partial charge in [-0.05, 0) is 36.6 Å². The number of hydrogen-bond donors (Lipinski definition) is 1. The lowest BCUT2D eigenvalue weighted by Crippen LogP contribution is -2.34. The number of carbonyl (C=O) groups excluding carboxylic acids is 2. The molecule has 38 heavy (non-hydrogen) atoms. The van der Waals surface area contributed by atoms with Crippen molar-refractivity contribution in [1.82, 2.24) is 19.9 Å². The number of aromatic nitrogens is 3. The van der Waals surface area contributed by atoms with Crippen LogP contribution in [0.3, 0.4) is 0 Å². The fraction of sp³-hybridized carbons (Fsp3) is 0.258. The van der Waals surface area contributed by atoms with E-state index in [0.29, 0.717) is 46.3 Å². The first-order chi connectivity index (χ1) is 18.5. The van der Waals surface area contributed by atoms with Crippen LogP contribution in [-0.2, 0) is 0 Å². The number of para-hydroxylation sites is 1. The normalized spacial score (nSPS) is 13.6. The molecule has 5 rings (SSSR count). The van der Waals surface area contributed by atoms with E-state index in [2.05, 4.69) is 23.8 Å². The predicted molar refractivity (Wildman–Crippen MR) is 146 cm³/mol. The fourth-order valence-corrected chi connectivity index (χ4v) is 4.78. The second-order valence-electron chi connectivity index (χ2n) is 9.59. The molecule has 1 aliphatic heterocycles. The van der Waals surface area contributed by atoms with Gasteiger partial charge >= 0.3 is 0 Å². The summed E-state index contributed by atoms with van der Waals surface area (Å²) in [4.78, 5) is 41.8. The van der Waals surface area contributed by atoms with E-state index in [1.54, 1.807) is 42.5 Å². The van der Waals surface area contributed by atoms with Gasteiger partial charge in [-0.25, -0.2) is 15.0 Å². The highest BCUT2D eigenvalue weighted by Gasteiger charge is 2.36. The van der Waals surface area contributed by atoms with E-state index in [4.69, 9.17) is 4.98 Å². The Balaban J connectivity index is 1.55. The van der Waals surface area contributed by atoms with Gasteiger partial charge in [0.25, 0.3) is 11.8 Å². The maximum atomic E-state index is 13.4. The Hall–Kier alpha value is -4.39. The summed E-state index contributed by atoms with van der Waals surface area (Å²) < 4.78 is 0. The van der Waals surface area contributed by atoms with Gasteiger partial charge in [0.15, 0.2) is 17.5 Å². The molecule has 1 N–H and O–H groups in total. The molecule has 0 bridgehead atoms. The van der Waals surface area contributed by atoms with E-state index >= 15 is 0 Å². The second kappa shape index (κ2) is 10.9. The number of nitrogens with zero attached hydrogens (tertiary/aromatic N) is 4. The molecule has 7 nitrogen and oxygen atoms in total. The standard InChI is InChI=1S/C31H30N4O3/c1-3-5-11-20(4-2)19-35-30(37)23-17-16-22(18-25(23)31(35)38)28-32-27(21-12-7-6-8-13-21)33-29(34-28)24-14-9-10-15-26(24)36/h6-10,12-18,20,36H,3-5,11,19H2,1-2H3. The number of hydrogen-bond acceptors (Lipinski definition) is 6. The van der Waals surface area contributed by atoms with E-state index in [9.17, 15) is 14.7 Å². The lowest BCUT2D eigenvalue weighted by atomic mass is 9.99. The molecule has 0 saturated heterocycles. The third kappa shape index (κ3) is 4.92. The van der Waals surface area contributed by atoms with Crippen molar-refractivity contribution in [3.8, 4) is 39.9 Å². The molecule has 0 fully saturated rings. The van der Waals surface area contributed by atoms with Crippen molar-refractivity contribution in [2.75, 3.05) is 6.54 Å². The van der Waals surface area contributed by atoms with Crippen LogP contribution < -0.4 is 0 Å². The minimum Gasteiger partial charge on any atom is -0.507 e. The van der Waals surface area contributed by atoms with Crippen LogP contribution in [0.15, 0.2) is 72.8 Å². The lowest BCUT2D eigenvalue weighted by molar-refractivity contribution is 0.0624. The molecule has 1 unspecified atom stereocenters. The zero-order valence-corrected chi connectivity index (χ0v) is 21.6. The summed E-state index contributed by atoms with van der Waals surface area (Å²) in [5.41, 5.74) is 2.64. The van der Waals surface area contributed by atoms with E-state index < -0.39 is 0 Å². The first-order valence-corrected chi connectivity index (χ1v) is 13.1. The summed E-state index contributed by atoms with van der Waals surface area (Å²) in [6, 6.07) is 21.5. The number of benzene rings is 3. The number of phenolic OH excluding ortho intramolecular Hbond substituents is 1. The lowest BCUT2D eigenvalue weighted by Gasteiger charge is -2.21. The van der Waals surface area contributed by atoms with Crippen LogP contribution in [0.1, 0.15) is 60.2 Å². The number of aromatic hydroxyl groups is 1. The quantitative estimate of drug-likeness (QED) is 0.264. The van der Waals surface area contributed by atoms with Gasteiger partial charge in [0.05, 0.1) is 16.7 Å². The van der Waals surface area contributed by atoms with Crippen LogP contribution in [0.2, 0.25) is 0 Å². The minimum absolute atomic E-state index is 0.0579. The average Bonchev–Trinajstić information content (AvgIpc) is 3.19. The zero-order chi connectivity index (χ0) is 26.6. The summed E-state index contributed by atoms with van der Waals surface area (Å²) in [5.74, 6) is 0.936. The average molecular weight is 507 g/mol. The molecule has 0 spiro atoms. The zero-order valence-electron chi connectivity index (χ0n) is 21.6. The van der Waals surface area contributed by atoms with Gasteiger partial charge in [-0.15, -0.1) is 0 Å². The number of phenols is 1. The van der Waals surface area contributed by atoms with E-state index in [1.165, 1.54) is 4.90 Å². The predicted octanol–water partition coefficient (Wildman–Crippen LogP) is 6.39. The van der Waals surface area contributed by atoms with Gasteiger partial charge in [0.2, 0.25) is 0 Å². The van der Waals surface area contributed by atoms with Crippen LogP contribution in [0.5, 0.6) is 5.75 Å². The number of unbranched alkanes of at least 4 members (excludes halogenated alkanes) is 1. The van der Waals surface area contributed by atoms with E-state index in [-0.39, 0.29) is 23.5 Å². The van der Waals surface area contributed by atoms with Crippen LogP contribution >= 0.6 is 0 Å². The van der Waals surface area contributed by atoms with Crippen molar-refractivity contribution >= 4 is 11.8 Å². The molecule has 3 aromatic carbocycles. The van der Waals surface area contributed by atoms with E-state index in [1.807, 2.05) is 30.3 Å². The molecule has 192 valence electrons. The molecule has 0 saturated carbocycles. The first kappa shape index (κ1) is 25.3. The Bertz CT molecular complexity index is 1490. The number of rotatable bonds is 9. The van der Waals surface area contributed by atoms with Gasteiger partial charge < -0.3 is 5.11 Å². The summed E-state index contributed by atoms with van der Waals surface area (Å²) in [6.45, 7) is 4.68. The molecule has 1 atom stereocenters. The third-order valence-corrected chi connectivity index (χ3v) is 7.03. The van der Waals surface area contributed by atoms with E-state index in [0.717, 1.165) is 31.2 Å². The van der Waals surface area contributed by atoms with Gasteiger partial charge in [0, 0.05) is 17.7 Å². The Kier molecular flexibility index (Phi) is 7.26. The highest BCUT2D eigenvalue weighted by atomic mass is 16.3. The Morgan fingerprint density at radius 3 is 2.11 bits per heavy atom.